The zero-order chi connectivity index (χ0) is 8.97. The topological polar surface area (TPSA) is 0 Å². The maximum absolute atomic E-state index is 3.54. The summed E-state index contributed by atoms with van der Waals surface area (Å²) in [6.07, 6.45) is 2.32. The Morgan fingerprint density at radius 3 is 2.58 bits per heavy atom. The maximum atomic E-state index is 3.54. The Hall–Kier alpha value is 0.180. The fourth-order valence-electron chi connectivity index (χ4n) is 1.06. The average Bonchev–Trinajstić information content (AvgIpc) is 2.03. The molecule has 1 unspecified atom stereocenters. The van der Waals surface area contributed by atoms with Gasteiger partial charge in [0.2, 0.25) is 0 Å². The zero-order valence-electron chi connectivity index (χ0n) is 7.06. The number of alkyl halides is 1. The highest BCUT2D eigenvalue weighted by atomic mass is 79.9. The van der Waals surface area contributed by atoms with E-state index in [0.29, 0.717) is 4.83 Å². The lowest BCUT2D eigenvalue weighted by atomic mass is 10.1. The Morgan fingerprint density at radius 1 is 1.33 bits per heavy atom. The van der Waals surface area contributed by atoms with E-state index in [4.69, 9.17) is 0 Å². The molecule has 66 valence electrons. The van der Waals surface area contributed by atoms with Gasteiger partial charge in [0.15, 0.2) is 0 Å². The predicted molar refractivity (Wildman–Crippen MR) is 60.9 cm³/mol. The van der Waals surface area contributed by atoms with Gasteiger partial charge < -0.3 is 0 Å². The Balaban J connectivity index is 2.57. The van der Waals surface area contributed by atoms with E-state index in [2.05, 4.69) is 57.0 Å². The Kier molecular flexibility index (Phi) is 4.30. The van der Waals surface area contributed by atoms with Gasteiger partial charge in [-0.05, 0) is 24.5 Å². The first-order valence-corrected chi connectivity index (χ1v) is 5.78. The Bertz CT molecular complexity index is 243. The van der Waals surface area contributed by atoms with Crippen LogP contribution in [0.3, 0.4) is 0 Å². The molecule has 1 atom stereocenters. The van der Waals surface area contributed by atoms with Gasteiger partial charge in [0.05, 0.1) is 0 Å². The molecule has 0 amide bonds. The first-order chi connectivity index (χ1) is 5.70. The van der Waals surface area contributed by atoms with Gasteiger partial charge in [-0.3, -0.25) is 0 Å². The van der Waals surface area contributed by atoms with E-state index >= 15 is 0 Å². The number of hydrogen-bond acceptors (Lipinski definition) is 0. The quantitative estimate of drug-likeness (QED) is 0.734. The molecule has 12 heavy (non-hydrogen) atoms. The van der Waals surface area contributed by atoms with E-state index in [1.54, 1.807) is 0 Å². The smallest absolute Gasteiger partial charge is 0.0207 e. The van der Waals surface area contributed by atoms with Crippen LogP contribution in [-0.2, 0) is 6.42 Å². The van der Waals surface area contributed by atoms with Gasteiger partial charge in [0.1, 0.15) is 0 Å². The van der Waals surface area contributed by atoms with E-state index in [-0.39, 0.29) is 0 Å². The van der Waals surface area contributed by atoms with Crippen LogP contribution in [0.4, 0.5) is 0 Å². The number of benzene rings is 1. The summed E-state index contributed by atoms with van der Waals surface area (Å²) < 4.78 is 1.22. The molecule has 0 fully saturated rings. The maximum Gasteiger partial charge on any atom is 0.0207 e. The van der Waals surface area contributed by atoms with Crippen molar-refractivity contribution in [2.45, 2.75) is 24.6 Å². The summed E-state index contributed by atoms with van der Waals surface area (Å²) in [4.78, 5) is 0.601. The number of rotatable bonds is 3. The molecule has 0 saturated heterocycles. The van der Waals surface area contributed by atoms with Crippen molar-refractivity contribution in [1.82, 2.24) is 0 Å². The molecule has 0 aliphatic rings. The third-order valence-corrected chi connectivity index (χ3v) is 3.00. The summed E-state index contributed by atoms with van der Waals surface area (Å²) >= 11 is 7.07. The molecule has 2 heteroatoms. The predicted octanol–water partition coefficient (Wildman–Crippen LogP) is 4.17. The van der Waals surface area contributed by atoms with Gasteiger partial charge in [0, 0.05) is 9.30 Å². The van der Waals surface area contributed by atoms with Gasteiger partial charge in [-0.1, -0.05) is 57.0 Å². The van der Waals surface area contributed by atoms with Crippen molar-refractivity contribution in [2.75, 3.05) is 0 Å². The van der Waals surface area contributed by atoms with Gasteiger partial charge >= 0.3 is 0 Å². The van der Waals surface area contributed by atoms with Crippen LogP contribution in [-0.4, -0.2) is 4.83 Å². The van der Waals surface area contributed by atoms with Crippen LogP contribution >= 0.6 is 31.9 Å². The second kappa shape index (κ2) is 5.03. The molecule has 1 aromatic rings. The van der Waals surface area contributed by atoms with Crippen LogP contribution in [0.25, 0.3) is 0 Å². The minimum atomic E-state index is 0.601. The van der Waals surface area contributed by atoms with Crippen molar-refractivity contribution < 1.29 is 0 Å². The standard InChI is InChI=1S/C10H12Br2/c1-8(11)6-7-9-4-2-3-5-10(9)12/h2-5,8H,6-7H2,1H3. The number of halogens is 2. The third-order valence-electron chi connectivity index (χ3n) is 1.77. The fraction of sp³-hybridized carbons (Fsp3) is 0.400. The molecule has 0 spiro atoms. The van der Waals surface area contributed by atoms with Crippen LogP contribution in [0.5, 0.6) is 0 Å². The summed E-state index contributed by atoms with van der Waals surface area (Å²) in [7, 11) is 0. The molecule has 0 radical (unpaired) electrons. The van der Waals surface area contributed by atoms with Crippen LogP contribution in [0.2, 0.25) is 0 Å². The van der Waals surface area contributed by atoms with Gasteiger partial charge in [-0.15, -0.1) is 0 Å². The fourth-order valence-corrected chi connectivity index (χ4v) is 1.77. The van der Waals surface area contributed by atoms with Crippen molar-refractivity contribution in [3.63, 3.8) is 0 Å². The second-order valence-corrected chi connectivity index (χ2v) is 5.33. The molecule has 0 bridgehead atoms. The lowest BCUT2D eigenvalue weighted by molar-refractivity contribution is 0.819. The van der Waals surface area contributed by atoms with E-state index in [9.17, 15) is 0 Å². The van der Waals surface area contributed by atoms with E-state index in [1.165, 1.54) is 16.5 Å². The van der Waals surface area contributed by atoms with E-state index in [0.717, 1.165) is 6.42 Å². The summed E-state index contributed by atoms with van der Waals surface area (Å²) in [5, 5.41) is 0. The normalized spacial score (nSPS) is 12.9. The van der Waals surface area contributed by atoms with Crippen molar-refractivity contribution in [2.24, 2.45) is 0 Å². The highest BCUT2D eigenvalue weighted by molar-refractivity contribution is 9.10. The van der Waals surface area contributed by atoms with Gasteiger partial charge in [-0.25, -0.2) is 0 Å². The average molecular weight is 292 g/mol. The SMILES string of the molecule is CC(Br)CCc1ccccc1Br. The molecule has 0 heterocycles. The van der Waals surface area contributed by atoms with Crippen molar-refractivity contribution in [3.05, 3.63) is 34.3 Å². The van der Waals surface area contributed by atoms with Crippen molar-refractivity contribution in [1.29, 1.82) is 0 Å². The molecule has 0 aliphatic carbocycles. The first kappa shape index (κ1) is 10.3. The van der Waals surface area contributed by atoms with Crippen LogP contribution < -0.4 is 0 Å². The minimum Gasteiger partial charge on any atom is -0.0894 e. The highest BCUT2D eigenvalue weighted by Gasteiger charge is 2.00. The highest BCUT2D eigenvalue weighted by Crippen LogP contribution is 2.19. The molecule has 0 nitrogen and oxygen atoms in total. The molecule has 1 aromatic carbocycles. The number of hydrogen-bond donors (Lipinski definition) is 0. The molecule has 1 rings (SSSR count). The van der Waals surface area contributed by atoms with Crippen LogP contribution in [0.1, 0.15) is 18.9 Å². The molecule has 0 aliphatic heterocycles. The molecule has 0 N–H and O–H groups in total. The summed E-state index contributed by atoms with van der Waals surface area (Å²) in [5.41, 5.74) is 1.39. The zero-order valence-corrected chi connectivity index (χ0v) is 10.2. The molecule has 0 saturated carbocycles. The van der Waals surface area contributed by atoms with Crippen LogP contribution in [0.15, 0.2) is 28.7 Å². The van der Waals surface area contributed by atoms with Crippen LogP contribution in [0, 0.1) is 0 Å². The third kappa shape index (κ3) is 3.28. The lowest BCUT2D eigenvalue weighted by Gasteiger charge is -2.04. The minimum absolute atomic E-state index is 0.601. The molecular formula is C10H12Br2. The Labute approximate surface area is 90.6 Å². The second-order valence-electron chi connectivity index (χ2n) is 2.91. The largest absolute Gasteiger partial charge is 0.0894 e. The van der Waals surface area contributed by atoms with E-state index < -0.39 is 0 Å². The van der Waals surface area contributed by atoms with Gasteiger partial charge in [0.25, 0.3) is 0 Å². The monoisotopic (exact) mass is 290 g/mol. The van der Waals surface area contributed by atoms with Crippen molar-refractivity contribution >= 4 is 31.9 Å². The summed E-state index contributed by atoms with van der Waals surface area (Å²) in [6.45, 7) is 2.18. The molecule has 0 aromatic heterocycles. The number of aryl methyl sites for hydroxylation is 1. The summed E-state index contributed by atoms with van der Waals surface area (Å²) in [5.74, 6) is 0. The van der Waals surface area contributed by atoms with E-state index in [1.807, 2.05) is 6.07 Å². The molecular weight excluding hydrogens is 280 g/mol. The lowest BCUT2D eigenvalue weighted by Crippen LogP contribution is -1.94. The summed E-state index contributed by atoms with van der Waals surface area (Å²) in [6, 6.07) is 8.39. The Morgan fingerprint density at radius 2 is 2.00 bits per heavy atom. The van der Waals surface area contributed by atoms with Gasteiger partial charge in [-0.2, -0.15) is 0 Å². The first-order valence-electron chi connectivity index (χ1n) is 4.07. The van der Waals surface area contributed by atoms with Crippen molar-refractivity contribution in [3.8, 4) is 0 Å².